The third kappa shape index (κ3) is 1.10. The predicted molar refractivity (Wildman–Crippen MR) is 49.9 cm³/mol. The summed E-state index contributed by atoms with van der Waals surface area (Å²) in [6, 6.07) is 0. The molecule has 0 heterocycles. The molecule has 0 spiro atoms. The van der Waals surface area contributed by atoms with Gasteiger partial charge in [-0.2, -0.15) is 0 Å². The standard InChI is InChI=1S/C11H20O/c1-10(2)7-11(8-12)5-3-9(10)4-6-11/h9,12H,3-8H2,1-2H3. The summed E-state index contributed by atoms with van der Waals surface area (Å²) in [7, 11) is 0. The van der Waals surface area contributed by atoms with Crippen LogP contribution in [0.15, 0.2) is 0 Å². The van der Waals surface area contributed by atoms with Crippen molar-refractivity contribution in [1.29, 1.82) is 0 Å². The Morgan fingerprint density at radius 2 is 1.83 bits per heavy atom. The monoisotopic (exact) mass is 168 g/mol. The number of aliphatic hydroxyl groups is 1. The summed E-state index contributed by atoms with van der Waals surface area (Å²) in [5.74, 6) is 0.936. The SMILES string of the molecule is CC1(C)CC2(CO)CCC1CC2. The van der Waals surface area contributed by atoms with Crippen molar-refractivity contribution in [3.05, 3.63) is 0 Å². The molecule has 0 unspecified atom stereocenters. The van der Waals surface area contributed by atoms with Gasteiger partial charge in [-0.25, -0.2) is 0 Å². The zero-order valence-electron chi connectivity index (χ0n) is 8.27. The van der Waals surface area contributed by atoms with Gasteiger partial charge in [0.25, 0.3) is 0 Å². The molecule has 3 aliphatic carbocycles. The van der Waals surface area contributed by atoms with Crippen LogP contribution < -0.4 is 0 Å². The Hall–Kier alpha value is -0.0400. The highest BCUT2D eigenvalue weighted by Gasteiger charge is 2.49. The first kappa shape index (κ1) is 8.55. The molecule has 2 bridgehead atoms. The molecule has 0 radical (unpaired) electrons. The van der Waals surface area contributed by atoms with Gasteiger partial charge >= 0.3 is 0 Å². The maximum absolute atomic E-state index is 9.40. The maximum Gasteiger partial charge on any atom is 0.0487 e. The van der Waals surface area contributed by atoms with Crippen LogP contribution in [0.1, 0.15) is 46.0 Å². The van der Waals surface area contributed by atoms with E-state index in [1.807, 2.05) is 0 Å². The van der Waals surface area contributed by atoms with Crippen LogP contribution in [0.25, 0.3) is 0 Å². The van der Waals surface area contributed by atoms with Crippen LogP contribution >= 0.6 is 0 Å². The molecule has 3 aliphatic rings. The van der Waals surface area contributed by atoms with Gasteiger partial charge < -0.3 is 5.11 Å². The lowest BCUT2D eigenvalue weighted by atomic mass is 9.51. The van der Waals surface area contributed by atoms with Crippen molar-refractivity contribution in [2.45, 2.75) is 46.0 Å². The van der Waals surface area contributed by atoms with Gasteiger partial charge in [0, 0.05) is 6.61 Å². The summed E-state index contributed by atoms with van der Waals surface area (Å²) in [6.45, 7) is 5.17. The highest BCUT2D eigenvalue weighted by atomic mass is 16.3. The third-order valence-electron chi connectivity index (χ3n) is 4.32. The van der Waals surface area contributed by atoms with Gasteiger partial charge in [0.05, 0.1) is 0 Å². The number of hydrogen-bond donors (Lipinski definition) is 1. The van der Waals surface area contributed by atoms with E-state index >= 15 is 0 Å². The Morgan fingerprint density at radius 3 is 2.17 bits per heavy atom. The fourth-order valence-corrected chi connectivity index (χ4v) is 3.51. The Morgan fingerprint density at radius 1 is 1.25 bits per heavy atom. The number of fused-ring (bicyclic) bond motifs is 3. The van der Waals surface area contributed by atoms with Gasteiger partial charge in [-0.1, -0.05) is 13.8 Å². The minimum atomic E-state index is 0.318. The van der Waals surface area contributed by atoms with Crippen molar-refractivity contribution >= 4 is 0 Å². The first-order valence-electron chi connectivity index (χ1n) is 5.19. The maximum atomic E-state index is 9.40. The summed E-state index contributed by atoms with van der Waals surface area (Å²) in [4.78, 5) is 0. The lowest BCUT2D eigenvalue weighted by Crippen LogP contribution is -2.46. The van der Waals surface area contributed by atoms with E-state index in [9.17, 15) is 5.11 Å². The van der Waals surface area contributed by atoms with E-state index in [-0.39, 0.29) is 0 Å². The van der Waals surface area contributed by atoms with E-state index < -0.39 is 0 Å². The minimum absolute atomic E-state index is 0.318. The summed E-state index contributed by atoms with van der Waals surface area (Å²) in [5.41, 5.74) is 0.817. The van der Waals surface area contributed by atoms with Gasteiger partial charge in [0.15, 0.2) is 0 Å². The molecule has 0 aromatic heterocycles. The average molecular weight is 168 g/mol. The van der Waals surface area contributed by atoms with E-state index in [0.29, 0.717) is 17.4 Å². The van der Waals surface area contributed by atoms with Crippen molar-refractivity contribution in [2.24, 2.45) is 16.7 Å². The number of aliphatic hydroxyl groups excluding tert-OH is 1. The molecule has 3 fully saturated rings. The quantitative estimate of drug-likeness (QED) is 0.638. The summed E-state index contributed by atoms with van der Waals surface area (Å²) >= 11 is 0. The van der Waals surface area contributed by atoms with Crippen LogP contribution in [0.3, 0.4) is 0 Å². The Balaban J connectivity index is 2.20. The Kier molecular flexibility index (Phi) is 1.76. The lowest BCUT2D eigenvalue weighted by molar-refractivity contribution is -0.0684. The van der Waals surface area contributed by atoms with Crippen molar-refractivity contribution in [3.8, 4) is 0 Å². The molecule has 0 amide bonds. The normalized spacial score (nSPS) is 44.8. The van der Waals surface area contributed by atoms with E-state index in [0.717, 1.165) is 5.92 Å². The molecule has 1 nitrogen and oxygen atoms in total. The van der Waals surface area contributed by atoms with Crippen LogP contribution in [0.2, 0.25) is 0 Å². The van der Waals surface area contributed by atoms with Crippen LogP contribution in [0.4, 0.5) is 0 Å². The summed E-state index contributed by atoms with van der Waals surface area (Å²) in [5, 5.41) is 9.40. The van der Waals surface area contributed by atoms with Crippen molar-refractivity contribution in [2.75, 3.05) is 6.61 Å². The van der Waals surface area contributed by atoms with E-state index in [2.05, 4.69) is 13.8 Å². The molecule has 0 aromatic rings. The first-order chi connectivity index (χ1) is 5.58. The molecule has 1 N–H and O–H groups in total. The van der Waals surface area contributed by atoms with E-state index in [4.69, 9.17) is 0 Å². The second-order valence-corrected chi connectivity index (χ2v) is 5.60. The highest BCUT2D eigenvalue weighted by molar-refractivity contribution is 4.99. The smallest absolute Gasteiger partial charge is 0.0487 e. The van der Waals surface area contributed by atoms with Gasteiger partial charge in [-0.15, -0.1) is 0 Å². The molecule has 0 aromatic carbocycles. The van der Waals surface area contributed by atoms with Crippen molar-refractivity contribution < 1.29 is 5.11 Å². The molecular weight excluding hydrogens is 148 g/mol. The Bertz CT molecular complexity index is 175. The molecule has 0 aliphatic heterocycles. The molecular formula is C11H20O. The molecule has 3 saturated carbocycles. The van der Waals surface area contributed by atoms with Gasteiger partial charge in [-0.3, -0.25) is 0 Å². The summed E-state index contributed by atoms with van der Waals surface area (Å²) in [6.07, 6.45) is 6.51. The van der Waals surface area contributed by atoms with Gasteiger partial charge in [0.1, 0.15) is 0 Å². The topological polar surface area (TPSA) is 20.2 Å². The molecule has 3 rings (SSSR count). The van der Waals surface area contributed by atoms with Gasteiger partial charge in [-0.05, 0) is 48.9 Å². The highest BCUT2D eigenvalue weighted by Crippen LogP contribution is 2.58. The largest absolute Gasteiger partial charge is 0.396 e. The van der Waals surface area contributed by atoms with Crippen LogP contribution in [0, 0.1) is 16.7 Å². The number of rotatable bonds is 1. The molecule has 70 valence electrons. The predicted octanol–water partition coefficient (Wildman–Crippen LogP) is 2.59. The first-order valence-corrected chi connectivity index (χ1v) is 5.19. The second kappa shape index (κ2) is 2.47. The number of hydrogen-bond acceptors (Lipinski definition) is 1. The van der Waals surface area contributed by atoms with E-state index in [1.165, 1.54) is 32.1 Å². The Labute approximate surface area is 75.2 Å². The van der Waals surface area contributed by atoms with Crippen LogP contribution in [-0.2, 0) is 0 Å². The summed E-state index contributed by atoms with van der Waals surface area (Å²) < 4.78 is 0. The second-order valence-electron chi connectivity index (χ2n) is 5.60. The van der Waals surface area contributed by atoms with Gasteiger partial charge in [0.2, 0.25) is 0 Å². The molecule has 12 heavy (non-hydrogen) atoms. The lowest BCUT2D eigenvalue weighted by Gasteiger charge is -2.54. The van der Waals surface area contributed by atoms with Crippen LogP contribution in [-0.4, -0.2) is 11.7 Å². The van der Waals surface area contributed by atoms with Crippen LogP contribution in [0.5, 0.6) is 0 Å². The van der Waals surface area contributed by atoms with E-state index in [1.54, 1.807) is 0 Å². The third-order valence-corrected chi connectivity index (χ3v) is 4.32. The molecule has 0 saturated heterocycles. The van der Waals surface area contributed by atoms with Crippen molar-refractivity contribution in [3.63, 3.8) is 0 Å². The van der Waals surface area contributed by atoms with Crippen molar-refractivity contribution in [1.82, 2.24) is 0 Å². The minimum Gasteiger partial charge on any atom is -0.396 e. The average Bonchev–Trinajstić information content (AvgIpc) is 2.04. The fourth-order valence-electron chi connectivity index (χ4n) is 3.51. The zero-order valence-corrected chi connectivity index (χ0v) is 8.27. The zero-order chi connectivity index (χ0) is 8.82. The molecule has 0 atom stereocenters. The molecule has 1 heteroatoms. The fraction of sp³-hybridized carbons (Fsp3) is 1.00.